The first-order valence-electron chi connectivity index (χ1n) is 6.79. The molecule has 3 nitrogen and oxygen atoms in total. The van der Waals surface area contributed by atoms with E-state index in [-0.39, 0.29) is 5.54 Å². The summed E-state index contributed by atoms with van der Waals surface area (Å²) in [6.07, 6.45) is 4.86. The van der Waals surface area contributed by atoms with E-state index in [0.717, 1.165) is 25.3 Å². The first-order valence-corrected chi connectivity index (χ1v) is 6.79. The molecule has 3 unspecified atom stereocenters. The van der Waals surface area contributed by atoms with Gasteiger partial charge in [0.2, 0.25) is 0 Å². The van der Waals surface area contributed by atoms with E-state index in [1.807, 2.05) is 0 Å². The fourth-order valence-electron chi connectivity index (χ4n) is 3.45. The van der Waals surface area contributed by atoms with Crippen LogP contribution in [0.15, 0.2) is 0 Å². The van der Waals surface area contributed by atoms with E-state index in [1.54, 1.807) is 0 Å². The van der Waals surface area contributed by atoms with E-state index in [4.69, 9.17) is 0 Å². The van der Waals surface area contributed by atoms with Gasteiger partial charge in [-0.2, -0.15) is 0 Å². The standard InChI is InChI=1S/C13H26N2O/c1-3-14-13(10-16)6-4-12(8-13)15-7-5-11(2)9-15/h11-12,14,16H,3-10H2,1-2H3. The van der Waals surface area contributed by atoms with Gasteiger partial charge in [-0.05, 0) is 44.7 Å². The molecule has 2 fully saturated rings. The van der Waals surface area contributed by atoms with E-state index >= 15 is 0 Å². The van der Waals surface area contributed by atoms with E-state index in [2.05, 4.69) is 24.1 Å². The molecule has 1 aliphatic heterocycles. The van der Waals surface area contributed by atoms with Crippen molar-refractivity contribution < 1.29 is 5.11 Å². The molecule has 0 bridgehead atoms. The minimum Gasteiger partial charge on any atom is -0.394 e. The third-order valence-corrected chi connectivity index (χ3v) is 4.41. The van der Waals surface area contributed by atoms with Gasteiger partial charge in [0.15, 0.2) is 0 Å². The van der Waals surface area contributed by atoms with Crippen LogP contribution >= 0.6 is 0 Å². The average molecular weight is 226 g/mol. The molecule has 0 aromatic heterocycles. The van der Waals surface area contributed by atoms with Crippen LogP contribution < -0.4 is 5.32 Å². The van der Waals surface area contributed by atoms with E-state index < -0.39 is 0 Å². The van der Waals surface area contributed by atoms with Crippen molar-refractivity contribution in [2.45, 2.75) is 51.1 Å². The molecule has 0 aromatic rings. The Morgan fingerprint density at radius 1 is 1.44 bits per heavy atom. The zero-order valence-electron chi connectivity index (χ0n) is 10.7. The number of aliphatic hydroxyl groups excluding tert-OH is 1. The molecule has 94 valence electrons. The van der Waals surface area contributed by atoms with Gasteiger partial charge in [0, 0.05) is 18.1 Å². The third-order valence-electron chi connectivity index (χ3n) is 4.41. The molecule has 0 radical (unpaired) electrons. The fraction of sp³-hybridized carbons (Fsp3) is 1.00. The summed E-state index contributed by atoms with van der Waals surface area (Å²) < 4.78 is 0. The smallest absolute Gasteiger partial charge is 0.0613 e. The molecule has 1 saturated carbocycles. The number of likely N-dealkylation sites (N-methyl/N-ethyl adjacent to an activating group) is 1. The molecule has 3 heteroatoms. The molecule has 1 aliphatic carbocycles. The molecule has 0 spiro atoms. The summed E-state index contributed by atoms with van der Waals surface area (Å²) in [5.41, 5.74) is 0.0191. The van der Waals surface area contributed by atoms with Crippen LogP contribution in [0.4, 0.5) is 0 Å². The Bertz CT molecular complexity index is 234. The average Bonchev–Trinajstić information content (AvgIpc) is 2.86. The van der Waals surface area contributed by atoms with E-state index in [9.17, 15) is 5.11 Å². The van der Waals surface area contributed by atoms with Gasteiger partial charge in [-0.25, -0.2) is 0 Å². The lowest BCUT2D eigenvalue weighted by Gasteiger charge is -2.30. The van der Waals surface area contributed by atoms with Crippen LogP contribution in [0, 0.1) is 5.92 Å². The first-order chi connectivity index (χ1) is 7.69. The highest BCUT2D eigenvalue weighted by Crippen LogP contribution is 2.35. The van der Waals surface area contributed by atoms with Crippen LogP contribution in [0.5, 0.6) is 0 Å². The van der Waals surface area contributed by atoms with Crippen molar-refractivity contribution >= 4 is 0 Å². The maximum absolute atomic E-state index is 9.58. The Morgan fingerprint density at radius 3 is 2.81 bits per heavy atom. The van der Waals surface area contributed by atoms with Crippen LogP contribution in [0.2, 0.25) is 0 Å². The number of hydrogen-bond donors (Lipinski definition) is 2. The monoisotopic (exact) mass is 226 g/mol. The molecule has 1 saturated heterocycles. The Morgan fingerprint density at radius 2 is 2.25 bits per heavy atom. The number of hydrogen-bond acceptors (Lipinski definition) is 3. The SMILES string of the molecule is CCNC1(CO)CCC(N2CCC(C)C2)C1. The topological polar surface area (TPSA) is 35.5 Å². The molecule has 0 amide bonds. The van der Waals surface area contributed by atoms with Gasteiger partial charge < -0.3 is 15.3 Å². The molecule has 2 N–H and O–H groups in total. The van der Waals surface area contributed by atoms with Crippen molar-refractivity contribution in [1.29, 1.82) is 0 Å². The predicted octanol–water partition coefficient (Wildman–Crippen LogP) is 1.22. The van der Waals surface area contributed by atoms with Crippen molar-refractivity contribution in [2.24, 2.45) is 5.92 Å². The van der Waals surface area contributed by atoms with Crippen molar-refractivity contribution in [3.63, 3.8) is 0 Å². The lowest BCUT2D eigenvalue weighted by molar-refractivity contribution is 0.151. The number of likely N-dealkylation sites (tertiary alicyclic amines) is 1. The Labute approximate surface area is 99.2 Å². The van der Waals surface area contributed by atoms with Gasteiger partial charge in [-0.1, -0.05) is 13.8 Å². The number of nitrogens with zero attached hydrogens (tertiary/aromatic N) is 1. The number of nitrogens with one attached hydrogen (secondary N) is 1. The fourth-order valence-corrected chi connectivity index (χ4v) is 3.45. The summed E-state index contributed by atoms with van der Waals surface area (Å²) in [7, 11) is 0. The second-order valence-electron chi connectivity index (χ2n) is 5.75. The molecule has 0 aromatic carbocycles. The molecule has 1 heterocycles. The highest BCUT2D eigenvalue weighted by Gasteiger charge is 2.41. The summed E-state index contributed by atoms with van der Waals surface area (Å²) >= 11 is 0. The van der Waals surface area contributed by atoms with Crippen LogP contribution in [0.25, 0.3) is 0 Å². The minimum absolute atomic E-state index is 0.0191. The van der Waals surface area contributed by atoms with Crippen LogP contribution in [0.3, 0.4) is 0 Å². The van der Waals surface area contributed by atoms with Crippen LogP contribution in [0.1, 0.15) is 39.5 Å². The summed E-state index contributed by atoms with van der Waals surface area (Å²) in [5.74, 6) is 0.864. The normalized spacial score (nSPS) is 40.7. The van der Waals surface area contributed by atoms with Gasteiger partial charge in [0.1, 0.15) is 0 Å². The van der Waals surface area contributed by atoms with Crippen LogP contribution in [-0.2, 0) is 0 Å². The highest BCUT2D eigenvalue weighted by atomic mass is 16.3. The van der Waals surface area contributed by atoms with E-state index in [1.165, 1.54) is 25.9 Å². The highest BCUT2D eigenvalue weighted by molar-refractivity contribution is 5.00. The Balaban J connectivity index is 1.91. The van der Waals surface area contributed by atoms with Gasteiger partial charge in [0.05, 0.1) is 6.61 Å². The number of aliphatic hydroxyl groups is 1. The lowest BCUT2D eigenvalue weighted by atomic mass is 9.98. The van der Waals surface area contributed by atoms with Gasteiger partial charge in [0.25, 0.3) is 0 Å². The van der Waals surface area contributed by atoms with Crippen molar-refractivity contribution in [1.82, 2.24) is 10.2 Å². The Kier molecular flexibility index (Phi) is 3.88. The summed E-state index contributed by atoms with van der Waals surface area (Å²) in [5, 5.41) is 13.1. The van der Waals surface area contributed by atoms with Gasteiger partial charge in [-0.3, -0.25) is 0 Å². The first kappa shape index (κ1) is 12.3. The molecule has 2 aliphatic rings. The quantitative estimate of drug-likeness (QED) is 0.756. The van der Waals surface area contributed by atoms with E-state index in [0.29, 0.717) is 12.6 Å². The zero-order chi connectivity index (χ0) is 11.6. The van der Waals surface area contributed by atoms with Crippen molar-refractivity contribution in [2.75, 3.05) is 26.2 Å². The summed E-state index contributed by atoms with van der Waals surface area (Å²) in [6, 6.07) is 0.705. The minimum atomic E-state index is 0.0191. The van der Waals surface area contributed by atoms with Gasteiger partial charge in [-0.15, -0.1) is 0 Å². The zero-order valence-corrected chi connectivity index (χ0v) is 10.7. The second-order valence-corrected chi connectivity index (χ2v) is 5.75. The predicted molar refractivity (Wildman–Crippen MR) is 66.5 cm³/mol. The third kappa shape index (κ3) is 2.41. The van der Waals surface area contributed by atoms with Crippen LogP contribution in [-0.4, -0.2) is 47.8 Å². The molecular formula is C13H26N2O. The lowest BCUT2D eigenvalue weighted by Crippen LogP contribution is -2.47. The van der Waals surface area contributed by atoms with Gasteiger partial charge >= 0.3 is 0 Å². The molecule has 2 rings (SSSR count). The molecule has 16 heavy (non-hydrogen) atoms. The molecular weight excluding hydrogens is 200 g/mol. The van der Waals surface area contributed by atoms with Crippen molar-refractivity contribution in [3.8, 4) is 0 Å². The van der Waals surface area contributed by atoms with Crippen molar-refractivity contribution in [3.05, 3.63) is 0 Å². The second kappa shape index (κ2) is 5.03. The maximum atomic E-state index is 9.58. The Hall–Kier alpha value is -0.120. The number of rotatable bonds is 4. The molecule has 3 atom stereocenters. The largest absolute Gasteiger partial charge is 0.394 e. The summed E-state index contributed by atoms with van der Waals surface area (Å²) in [6.45, 7) is 8.25. The summed E-state index contributed by atoms with van der Waals surface area (Å²) in [4.78, 5) is 2.64. The maximum Gasteiger partial charge on any atom is 0.0613 e.